The van der Waals surface area contributed by atoms with Crippen molar-refractivity contribution in [2.45, 2.75) is 38.6 Å². The molecule has 2 nitrogen and oxygen atoms in total. The van der Waals surface area contributed by atoms with Crippen LogP contribution in [0.1, 0.15) is 32.6 Å². The highest BCUT2D eigenvalue weighted by atomic mass is 32.2. The molecule has 0 spiro atoms. The van der Waals surface area contributed by atoms with E-state index in [1.165, 1.54) is 37.2 Å². The van der Waals surface area contributed by atoms with Gasteiger partial charge >= 0.3 is 0 Å². The third kappa shape index (κ3) is 3.89. The standard InChI is InChI=1S/C11H20N2S/c1-2-14-10-9-13(8-7-12)11-5-3-4-6-11/h11H,2-6,8-10H2,1H3. The summed E-state index contributed by atoms with van der Waals surface area (Å²) in [5.74, 6) is 2.36. The highest BCUT2D eigenvalue weighted by Crippen LogP contribution is 2.23. The molecule has 0 radical (unpaired) electrons. The summed E-state index contributed by atoms with van der Waals surface area (Å²) in [6.45, 7) is 3.90. The lowest BCUT2D eigenvalue weighted by Crippen LogP contribution is -2.35. The molecule has 1 fully saturated rings. The Morgan fingerprint density at radius 2 is 2.14 bits per heavy atom. The van der Waals surface area contributed by atoms with E-state index < -0.39 is 0 Å². The molecule has 1 rings (SSSR count). The number of hydrogen-bond acceptors (Lipinski definition) is 3. The fourth-order valence-electron chi connectivity index (χ4n) is 2.08. The second-order valence-corrected chi connectivity index (χ2v) is 5.16. The third-order valence-electron chi connectivity index (χ3n) is 2.84. The van der Waals surface area contributed by atoms with Gasteiger partial charge in [0.1, 0.15) is 0 Å². The quantitative estimate of drug-likeness (QED) is 0.500. The van der Waals surface area contributed by atoms with E-state index in [1.807, 2.05) is 11.8 Å². The van der Waals surface area contributed by atoms with Crippen LogP contribution in [0.4, 0.5) is 0 Å². The van der Waals surface area contributed by atoms with E-state index in [9.17, 15) is 0 Å². The minimum atomic E-state index is 0.620. The first-order chi connectivity index (χ1) is 6.88. The van der Waals surface area contributed by atoms with Gasteiger partial charge in [-0.2, -0.15) is 17.0 Å². The van der Waals surface area contributed by atoms with Crippen LogP contribution in [-0.2, 0) is 0 Å². The minimum Gasteiger partial charge on any atom is -0.287 e. The van der Waals surface area contributed by atoms with Crippen molar-refractivity contribution in [3.63, 3.8) is 0 Å². The number of hydrogen-bond donors (Lipinski definition) is 0. The first-order valence-electron chi connectivity index (χ1n) is 5.57. The summed E-state index contributed by atoms with van der Waals surface area (Å²) in [5, 5.41) is 8.76. The molecule has 1 saturated carbocycles. The zero-order valence-electron chi connectivity index (χ0n) is 9.04. The van der Waals surface area contributed by atoms with Gasteiger partial charge < -0.3 is 0 Å². The molecular formula is C11H20N2S. The monoisotopic (exact) mass is 212 g/mol. The van der Waals surface area contributed by atoms with E-state index >= 15 is 0 Å². The van der Waals surface area contributed by atoms with Crippen LogP contribution in [-0.4, -0.2) is 35.5 Å². The summed E-state index contributed by atoms with van der Waals surface area (Å²) in [6.07, 6.45) is 5.32. The van der Waals surface area contributed by atoms with Crippen molar-refractivity contribution in [2.24, 2.45) is 0 Å². The second kappa shape index (κ2) is 7.14. The molecule has 0 unspecified atom stereocenters. The van der Waals surface area contributed by atoms with Crippen LogP contribution in [0.15, 0.2) is 0 Å². The van der Waals surface area contributed by atoms with Gasteiger partial charge in [-0.25, -0.2) is 0 Å². The van der Waals surface area contributed by atoms with Gasteiger partial charge in [-0.15, -0.1) is 0 Å². The predicted molar refractivity (Wildman–Crippen MR) is 62.4 cm³/mol. The molecule has 0 aromatic rings. The normalized spacial score (nSPS) is 17.5. The van der Waals surface area contributed by atoms with Crippen molar-refractivity contribution in [1.82, 2.24) is 4.90 Å². The number of nitriles is 1. The molecule has 14 heavy (non-hydrogen) atoms. The molecule has 0 amide bonds. The highest BCUT2D eigenvalue weighted by Gasteiger charge is 2.21. The summed E-state index contributed by atoms with van der Waals surface area (Å²) in [5.41, 5.74) is 0. The van der Waals surface area contributed by atoms with Crippen molar-refractivity contribution >= 4 is 11.8 Å². The number of rotatable bonds is 6. The second-order valence-electron chi connectivity index (χ2n) is 3.76. The van der Waals surface area contributed by atoms with Gasteiger partial charge in [-0.1, -0.05) is 19.8 Å². The molecule has 1 aliphatic carbocycles. The molecule has 0 aromatic carbocycles. The molecule has 0 heterocycles. The van der Waals surface area contributed by atoms with Gasteiger partial charge in [-0.3, -0.25) is 4.90 Å². The summed E-state index contributed by atoms with van der Waals surface area (Å²) in [7, 11) is 0. The van der Waals surface area contributed by atoms with Crippen LogP contribution >= 0.6 is 11.8 Å². The summed E-state index contributed by atoms with van der Waals surface area (Å²) < 4.78 is 0. The first-order valence-corrected chi connectivity index (χ1v) is 6.72. The maximum Gasteiger partial charge on any atom is 0.0868 e. The number of nitrogens with zero attached hydrogens (tertiary/aromatic N) is 2. The van der Waals surface area contributed by atoms with Gasteiger partial charge in [0, 0.05) is 18.3 Å². The van der Waals surface area contributed by atoms with Crippen molar-refractivity contribution in [2.75, 3.05) is 24.6 Å². The molecule has 0 bridgehead atoms. The SMILES string of the molecule is CCSCCN(CC#N)C1CCCC1. The van der Waals surface area contributed by atoms with E-state index in [0.717, 1.165) is 6.54 Å². The minimum absolute atomic E-state index is 0.620. The van der Waals surface area contributed by atoms with Gasteiger partial charge in [0.15, 0.2) is 0 Å². The Hall–Kier alpha value is -0.200. The fraction of sp³-hybridized carbons (Fsp3) is 0.909. The van der Waals surface area contributed by atoms with Crippen LogP contribution in [0, 0.1) is 11.3 Å². The lowest BCUT2D eigenvalue weighted by Gasteiger charge is -2.25. The maximum atomic E-state index is 8.76. The lowest BCUT2D eigenvalue weighted by molar-refractivity contribution is 0.236. The van der Waals surface area contributed by atoms with E-state index in [0.29, 0.717) is 12.6 Å². The molecule has 0 aliphatic heterocycles. The lowest BCUT2D eigenvalue weighted by atomic mass is 10.2. The molecule has 3 heteroatoms. The smallest absolute Gasteiger partial charge is 0.0868 e. The fourth-order valence-corrected chi connectivity index (χ4v) is 2.73. The Balaban J connectivity index is 2.26. The van der Waals surface area contributed by atoms with E-state index in [-0.39, 0.29) is 0 Å². The van der Waals surface area contributed by atoms with Crippen molar-refractivity contribution in [1.29, 1.82) is 5.26 Å². The average molecular weight is 212 g/mol. The molecular weight excluding hydrogens is 192 g/mol. The van der Waals surface area contributed by atoms with Crippen LogP contribution < -0.4 is 0 Å². The Bertz CT molecular complexity index is 182. The summed E-state index contributed by atoms with van der Waals surface area (Å²) >= 11 is 1.97. The maximum absolute atomic E-state index is 8.76. The van der Waals surface area contributed by atoms with Crippen LogP contribution in [0.25, 0.3) is 0 Å². The molecule has 80 valence electrons. The highest BCUT2D eigenvalue weighted by molar-refractivity contribution is 7.99. The topological polar surface area (TPSA) is 27.0 Å². The van der Waals surface area contributed by atoms with Gasteiger partial charge in [-0.05, 0) is 18.6 Å². The van der Waals surface area contributed by atoms with E-state index in [1.54, 1.807) is 0 Å². The summed E-state index contributed by atoms with van der Waals surface area (Å²) in [4.78, 5) is 2.37. The Labute approximate surface area is 91.7 Å². The van der Waals surface area contributed by atoms with Crippen molar-refractivity contribution in [3.05, 3.63) is 0 Å². The Morgan fingerprint density at radius 3 is 2.71 bits per heavy atom. The third-order valence-corrected chi connectivity index (χ3v) is 3.72. The van der Waals surface area contributed by atoms with E-state index in [2.05, 4.69) is 17.9 Å². The zero-order chi connectivity index (χ0) is 10.2. The van der Waals surface area contributed by atoms with Crippen molar-refractivity contribution < 1.29 is 0 Å². The predicted octanol–water partition coefficient (Wildman–Crippen LogP) is 2.51. The van der Waals surface area contributed by atoms with Crippen LogP contribution in [0.5, 0.6) is 0 Å². The van der Waals surface area contributed by atoms with E-state index in [4.69, 9.17) is 5.26 Å². The molecule has 0 saturated heterocycles. The average Bonchev–Trinajstić information content (AvgIpc) is 2.70. The van der Waals surface area contributed by atoms with Gasteiger partial charge in [0.2, 0.25) is 0 Å². The molecule has 0 aromatic heterocycles. The van der Waals surface area contributed by atoms with Gasteiger partial charge in [0.25, 0.3) is 0 Å². The Morgan fingerprint density at radius 1 is 1.43 bits per heavy atom. The Kier molecular flexibility index (Phi) is 6.05. The summed E-state index contributed by atoms with van der Waals surface area (Å²) in [6, 6.07) is 2.99. The van der Waals surface area contributed by atoms with Crippen molar-refractivity contribution in [3.8, 4) is 6.07 Å². The van der Waals surface area contributed by atoms with Crippen LogP contribution in [0.2, 0.25) is 0 Å². The van der Waals surface area contributed by atoms with Crippen LogP contribution in [0.3, 0.4) is 0 Å². The first kappa shape index (κ1) is 11.9. The largest absolute Gasteiger partial charge is 0.287 e. The zero-order valence-corrected chi connectivity index (χ0v) is 9.85. The van der Waals surface area contributed by atoms with Gasteiger partial charge in [0.05, 0.1) is 12.6 Å². The number of thioether (sulfide) groups is 1. The molecule has 0 atom stereocenters. The molecule has 1 aliphatic rings. The molecule has 0 N–H and O–H groups in total.